The maximum atomic E-state index is 13.6. The van der Waals surface area contributed by atoms with Crippen molar-refractivity contribution in [1.29, 1.82) is 0 Å². The molecule has 2 heterocycles. The van der Waals surface area contributed by atoms with E-state index in [1.54, 1.807) is 27.9 Å². The molecular weight excluding hydrogens is 514 g/mol. The number of rotatable bonds is 4. The fourth-order valence-electron chi connectivity index (χ4n) is 6.03. The molecule has 1 aromatic rings. The van der Waals surface area contributed by atoms with Crippen molar-refractivity contribution < 1.29 is 41.0 Å². The Kier molecular flexibility index (Phi) is 6.65. The second-order valence-corrected chi connectivity index (χ2v) is 11.5. The van der Waals surface area contributed by atoms with E-state index in [1.807, 2.05) is 19.1 Å². The van der Waals surface area contributed by atoms with Gasteiger partial charge in [0.1, 0.15) is 5.76 Å². The summed E-state index contributed by atoms with van der Waals surface area (Å²) in [7, 11) is 3.38. The molecule has 1 saturated heterocycles. The molecule has 0 radical (unpaired) electrons. The number of amides is 1. The fourth-order valence-corrected chi connectivity index (χ4v) is 6.03. The number of nitrogens with zero attached hydrogens (tertiary/aromatic N) is 1. The molecule has 38 heavy (non-hydrogen) atoms. The Morgan fingerprint density at radius 3 is 2.32 bits per heavy atom. The number of alkyl halides is 6. The molecule has 0 spiro atoms. The first kappa shape index (κ1) is 28.3. The molecule has 1 amide bonds. The number of ether oxygens (including phenoxy) is 1. The molecule has 0 aromatic heterocycles. The van der Waals surface area contributed by atoms with Crippen molar-refractivity contribution >= 4 is 11.6 Å². The number of carbonyl (C=O) groups excluding carboxylic acids is 1. The van der Waals surface area contributed by atoms with E-state index in [-0.39, 0.29) is 30.0 Å². The quantitative estimate of drug-likeness (QED) is 0.469. The van der Waals surface area contributed by atoms with Crippen LogP contribution >= 0.6 is 0 Å². The zero-order valence-corrected chi connectivity index (χ0v) is 21.8. The normalized spacial score (nSPS) is 26.5. The van der Waals surface area contributed by atoms with Crippen molar-refractivity contribution in [2.24, 2.45) is 11.3 Å². The van der Waals surface area contributed by atoms with Gasteiger partial charge in [0.15, 0.2) is 0 Å². The van der Waals surface area contributed by atoms with E-state index in [0.717, 1.165) is 17.4 Å². The molecule has 210 valence electrons. The van der Waals surface area contributed by atoms with Crippen LogP contribution in [0.2, 0.25) is 0 Å². The SMILES string of the molecule is CN(C)C(=O)CCC1=CC=C2OCC3C(Nc4ccc(C(O)(C(F)(F)F)C(F)(F)F)cc4C3(C)C)C2(C)C1. The number of halogens is 6. The monoisotopic (exact) mass is 546 g/mol. The lowest BCUT2D eigenvalue weighted by atomic mass is 9.57. The van der Waals surface area contributed by atoms with Crippen LogP contribution < -0.4 is 5.32 Å². The first-order valence-corrected chi connectivity index (χ1v) is 12.3. The number of hydrogen-bond donors (Lipinski definition) is 2. The molecular formula is C27H32F6N2O3. The molecule has 0 bridgehead atoms. The number of allylic oxidation sites excluding steroid dienone is 3. The summed E-state index contributed by atoms with van der Waals surface area (Å²) in [5, 5.41) is 13.4. The molecule has 0 saturated carbocycles. The van der Waals surface area contributed by atoms with Crippen LogP contribution in [0, 0.1) is 11.3 Å². The van der Waals surface area contributed by atoms with Crippen LogP contribution in [0.25, 0.3) is 0 Å². The van der Waals surface area contributed by atoms with Crippen LogP contribution in [0.5, 0.6) is 0 Å². The highest BCUT2D eigenvalue weighted by molar-refractivity contribution is 5.75. The van der Waals surface area contributed by atoms with Gasteiger partial charge in [-0.25, -0.2) is 0 Å². The summed E-state index contributed by atoms with van der Waals surface area (Å²) >= 11 is 0. The van der Waals surface area contributed by atoms with E-state index < -0.39 is 34.3 Å². The fraction of sp³-hybridized carbons (Fsp3) is 0.593. The van der Waals surface area contributed by atoms with E-state index in [1.165, 1.54) is 11.0 Å². The van der Waals surface area contributed by atoms with E-state index in [9.17, 15) is 36.2 Å². The minimum absolute atomic E-state index is 0.00271. The van der Waals surface area contributed by atoms with Crippen molar-refractivity contribution in [3.8, 4) is 0 Å². The van der Waals surface area contributed by atoms with E-state index in [0.29, 0.717) is 31.0 Å². The summed E-state index contributed by atoms with van der Waals surface area (Å²) in [5.74, 6) is 0.441. The molecule has 1 fully saturated rings. The number of hydrogen-bond acceptors (Lipinski definition) is 4. The lowest BCUT2D eigenvalue weighted by molar-refractivity contribution is -0.376. The van der Waals surface area contributed by atoms with Gasteiger partial charge < -0.3 is 20.1 Å². The van der Waals surface area contributed by atoms with Gasteiger partial charge in [0.2, 0.25) is 5.91 Å². The summed E-state index contributed by atoms with van der Waals surface area (Å²) in [6.45, 7) is 5.77. The van der Waals surface area contributed by atoms with Crippen molar-refractivity contribution in [3.63, 3.8) is 0 Å². The van der Waals surface area contributed by atoms with Gasteiger partial charge in [0, 0.05) is 49.1 Å². The number of anilines is 1. The number of benzene rings is 1. The number of nitrogens with one attached hydrogen (secondary N) is 1. The minimum Gasteiger partial charge on any atom is -0.497 e. The van der Waals surface area contributed by atoms with E-state index >= 15 is 0 Å². The minimum atomic E-state index is -5.96. The van der Waals surface area contributed by atoms with Gasteiger partial charge in [-0.1, -0.05) is 38.5 Å². The molecule has 3 unspecified atom stereocenters. The Labute approximate surface area is 217 Å². The summed E-state index contributed by atoms with van der Waals surface area (Å²) in [4.78, 5) is 13.6. The topological polar surface area (TPSA) is 61.8 Å². The maximum absolute atomic E-state index is 13.6. The molecule has 1 aromatic carbocycles. The first-order chi connectivity index (χ1) is 17.3. The average molecular weight is 547 g/mol. The predicted molar refractivity (Wildman–Crippen MR) is 129 cm³/mol. The third-order valence-corrected chi connectivity index (χ3v) is 8.48. The van der Waals surface area contributed by atoms with Gasteiger partial charge in [-0.15, -0.1) is 0 Å². The van der Waals surface area contributed by atoms with Gasteiger partial charge in [-0.3, -0.25) is 4.79 Å². The van der Waals surface area contributed by atoms with Crippen LogP contribution in [0.3, 0.4) is 0 Å². The van der Waals surface area contributed by atoms with Gasteiger partial charge in [0.05, 0.1) is 6.61 Å². The van der Waals surface area contributed by atoms with Crippen LogP contribution in [0.4, 0.5) is 32.0 Å². The Morgan fingerprint density at radius 2 is 1.74 bits per heavy atom. The maximum Gasteiger partial charge on any atom is 0.430 e. The smallest absolute Gasteiger partial charge is 0.430 e. The van der Waals surface area contributed by atoms with Crippen LogP contribution in [0.1, 0.15) is 51.2 Å². The number of carbonyl (C=O) groups is 1. The summed E-state index contributed by atoms with van der Waals surface area (Å²) in [6.07, 6.45) is -6.61. The molecule has 2 N–H and O–H groups in total. The third-order valence-electron chi connectivity index (χ3n) is 8.48. The largest absolute Gasteiger partial charge is 0.497 e. The Hall–Kier alpha value is -2.69. The summed E-state index contributed by atoms with van der Waals surface area (Å²) in [5.41, 5.74) is -6.02. The highest BCUT2D eigenvalue weighted by Crippen LogP contribution is 2.57. The second-order valence-electron chi connectivity index (χ2n) is 11.5. The van der Waals surface area contributed by atoms with Gasteiger partial charge in [-0.2, -0.15) is 26.3 Å². The average Bonchev–Trinajstić information content (AvgIpc) is 2.80. The zero-order chi connectivity index (χ0) is 28.5. The van der Waals surface area contributed by atoms with Crippen LogP contribution in [0.15, 0.2) is 41.7 Å². The lowest BCUT2D eigenvalue weighted by Gasteiger charge is -2.56. The highest BCUT2D eigenvalue weighted by atomic mass is 19.4. The van der Waals surface area contributed by atoms with Crippen molar-refractivity contribution in [2.75, 3.05) is 26.0 Å². The van der Waals surface area contributed by atoms with Crippen LogP contribution in [-0.2, 0) is 20.5 Å². The van der Waals surface area contributed by atoms with E-state index in [2.05, 4.69) is 5.32 Å². The number of aliphatic hydroxyl groups is 1. The Morgan fingerprint density at radius 1 is 1.11 bits per heavy atom. The van der Waals surface area contributed by atoms with Crippen LogP contribution in [-0.4, -0.2) is 55.0 Å². The van der Waals surface area contributed by atoms with Gasteiger partial charge in [0.25, 0.3) is 5.60 Å². The third kappa shape index (κ3) is 4.26. The van der Waals surface area contributed by atoms with Gasteiger partial charge in [-0.05, 0) is 42.0 Å². The predicted octanol–water partition coefficient (Wildman–Crippen LogP) is 5.81. The standard InChI is InChI=1S/C27H32F6N2O3/c1-23(2)17-12-16(25(37,26(28,29)30)27(31,32)33)8-9-19(17)34-22-18(23)14-38-20-10-6-15(13-24(20,22)3)7-11-21(36)35(4)5/h6,8-10,12,18,22,34,37H,7,11,13-14H2,1-5H3. The van der Waals surface area contributed by atoms with Gasteiger partial charge >= 0.3 is 12.4 Å². The Balaban J connectivity index is 1.71. The first-order valence-electron chi connectivity index (χ1n) is 12.3. The molecule has 4 rings (SSSR count). The number of fused-ring (bicyclic) bond motifs is 4. The molecule has 1 aliphatic carbocycles. The van der Waals surface area contributed by atoms with Crippen molar-refractivity contribution in [1.82, 2.24) is 4.90 Å². The lowest BCUT2D eigenvalue weighted by Crippen LogP contribution is -2.59. The Bertz CT molecular complexity index is 1170. The molecule has 5 nitrogen and oxygen atoms in total. The van der Waals surface area contributed by atoms with E-state index in [4.69, 9.17) is 4.74 Å². The van der Waals surface area contributed by atoms with Crippen molar-refractivity contribution in [2.45, 2.75) is 69.4 Å². The molecule has 11 heteroatoms. The second kappa shape index (κ2) is 8.93. The molecule has 2 aliphatic heterocycles. The molecule has 3 atom stereocenters. The summed E-state index contributed by atoms with van der Waals surface area (Å²) in [6, 6.07) is 2.43. The molecule has 3 aliphatic rings. The summed E-state index contributed by atoms with van der Waals surface area (Å²) < 4.78 is 87.5. The van der Waals surface area contributed by atoms with Crippen molar-refractivity contribution in [3.05, 3.63) is 52.8 Å². The zero-order valence-electron chi connectivity index (χ0n) is 21.8. The highest BCUT2D eigenvalue weighted by Gasteiger charge is 2.71.